The van der Waals surface area contributed by atoms with Gasteiger partial charge in [0.2, 0.25) is 0 Å². The number of amides is 1. The van der Waals surface area contributed by atoms with Crippen LogP contribution in [0.25, 0.3) is 0 Å². The van der Waals surface area contributed by atoms with E-state index in [1.54, 1.807) is 11.0 Å². The second-order valence-electron chi connectivity index (χ2n) is 6.28. The molecule has 1 heterocycles. The number of fused-ring (bicyclic) bond motifs is 1. The van der Waals surface area contributed by atoms with E-state index in [9.17, 15) is 14.7 Å². The molecule has 2 aliphatic rings. The van der Waals surface area contributed by atoms with Crippen LogP contribution in [0.15, 0.2) is 24.3 Å². The van der Waals surface area contributed by atoms with Crippen LogP contribution in [0.4, 0.5) is 0 Å². The smallest absolute Gasteiger partial charge is 0.326 e. The third-order valence-electron chi connectivity index (χ3n) is 4.87. The Bertz CT molecular complexity index is 569. The molecule has 1 amide bonds. The van der Waals surface area contributed by atoms with E-state index in [0.29, 0.717) is 17.9 Å². The molecule has 4 nitrogen and oxygen atoms in total. The molecular weight excluding hydrogens is 266 g/mol. The maximum absolute atomic E-state index is 12.8. The Morgan fingerprint density at radius 2 is 2.00 bits per heavy atom. The van der Waals surface area contributed by atoms with Gasteiger partial charge in [0.15, 0.2) is 0 Å². The van der Waals surface area contributed by atoms with Gasteiger partial charge in [0, 0.05) is 11.6 Å². The van der Waals surface area contributed by atoms with Gasteiger partial charge in [-0.2, -0.15) is 0 Å². The summed E-state index contributed by atoms with van der Waals surface area (Å²) >= 11 is 0. The first-order valence-corrected chi connectivity index (χ1v) is 7.70. The zero-order chi connectivity index (χ0) is 15.0. The van der Waals surface area contributed by atoms with Crippen molar-refractivity contribution in [1.82, 2.24) is 4.90 Å². The van der Waals surface area contributed by atoms with Crippen molar-refractivity contribution in [2.75, 3.05) is 0 Å². The molecule has 1 aromatic rings. The van der Waals surface area contributed by atoms with Crippen molar-refractivity contribution in [3.05, 3.63) is 35.4 Å². The number of carboxylic acids is 1. The summed E-state index contributed by atoms with van der Waals surface area (Å²) in [5.41, 5.74) is 1.62. The minimum absolute atomic E-state index is 0.105. The number of benzene rings is 1. The van der Waals surface area contributed by atoms with Gasteiger partial charge in [0.1, 0.15) is 6.04 Å². The molecule has 3 rings (SSSR count). The van der Waals surface area contributed by atoms with Crippen LogP contribution >= 0.6 is 0 Å². The first-order valence-electron chi connectivity index (χ1n) is 7.70. The summed E-state index contributed by atoms with van der Waals surface area (Å²) < 4.78 is 0. The Hall–Kier alpha value is -1.84. The molecule has 1 aromatic carbocycles. The zero-order valence-corrected chi connectivity index (χ0v) is 12.3. The molecule has 1 saturated carbocycles. The average molecular weight is 287 g/mol. The van der Waals surface area contributed by atoms with Crippen molar-refractivity contribution in [3.63, 3.8) is 0 Å². The lowest BCUT2D eigenvalue weighted by Crippen LogP contribution is -2.46. The lowest BCUT2D eigenvalue weighted by atomic mass is 9.84. The predicted molar refractivity (Wildman–Crippen MR) is 79.1 cm³/mol. The highest BCUT2D eigenvalue weighted by Crippen LogP contribution is 2.40. The van der Waals surface area contributed by atoms with Crippen molar-refractivity contribution < 1.29 is 14.7 Å². The largest absolute Gasteiger partial charge is 0.480 e. The van der Waals surface area contributed by atoms with E-state index in [1.807, 2.05) is 25.1 Å². The Labute approximate surface area is 124 Å². The molecule has 0 aromatic heterocycles. The van der Waals surface area contributed by atoms with Crippen LogP contribution in [0.2, 0.25) is 0 Å². The van der Waals surface area contributed by atoms with E-state index in [1.165, 1.54) is 0 Å². The second-order valence-corrected chi connectivity index (χ2v) is 6.28. The molecular formula is C17H21NO3. The number of aliphatic carboxylic acids is 1. The number of hydrogen-bond acceptors (Lipinski definition) is 2. The van der Waals surface area contributed by atoms with Gasteiger partial charge in [0.25, 0.3) is 5.91 Å². The number of carbonyl (C=O) groups is 2. The highest BCUT2D eigenvalue weighted by molar-refractivity contribution is 5.97. The number of nitrogens with zero attached hydrogens (tertiary/aromatic N) is 1. The maximum Gasteiger partial charge on any atom is 0.326 e. The van der Waals surface area contributed by atoms with Gasteiger partial charge in [-0.3, -0.25) is 4.79 Å². The average Bonchev–Trinajstić information content (AvgIpc) is 2.86. The van der Waals surface area contributed by atoms with E-state index in [2.05, 4.69) is 0 Å². The molecule has 3 atom stereocenters. The molecule has 0 radical (unpaired) electrons. The highest BCUT2D eigenvalue weighted by atomic mass is 16.4. The van der Waals surface area contributed by atoms with Crippen molar-refractivity contribution in [2.45, 2.75) is 51.1 Å². The van der Waals surface area contributed by atoms with Crippen LogP contribution in [-0.4, -0.2) is 34.0 Å². The van der Waals surface area contributed by atoms with Crippen molar-refractivity contribution in [1.29, 1.82) is 0 Å². The number of rotatable bonds is 2. The van der Waals surface area contributed by atoms with Crippen LogP contribution in [0, 0.1) is 12.8 Å². The fourth-order valence-corrected chi connectivity index (χ4v) is 3.90. The summed E-state index contributed by atoms with van der Waals surface area (Å²) in [7, 11) is 0. The summed E-state index contributed by atoms with van der Waals surface area (Å²) in [5.74, 6) is -0.639. The number of carbonyl (C=O) groups excluding carboxylic acids is 1. The molecule has 21 heavy (non-hydrogen) atoms. The minimum atomic E-state index is -0.870. The van der Waals surface area contributed by atoms with Crippen molar-refractivity contribution in [3.8, 4) is 0 Å². The SMILES string of the molecule is Cc1cccc(C(=O)N2[C@@H]3CCCC[C@H]3C[C@H]2C(=O)O)c1. The molecule has 1 saturated heterocycles. The Morgan fingerprint density at radius 3 is 2.71 bits per heavy atom. The molecule has 1 N–H and O–H groups in total. The van der Waals surface area contributed by atoms with Crippen LogP contribution < -0.4 is 0 Å². The fourth-order valence-electron chi connectivity index (χ4n) is 3.90. The lowest BCUT2D eigenvalue weighted by Gasteiger charge is -2.33. The summed E-state index contributed by atoms with van der Waals surface area (Å²) in [6, 6.07) is 6.87. The van der Waals surface area contributed by atoms with E-state index >= 15 is 0 Å². The number of aryl methyl sites for hydroxylation is 1. The van der Waals surface area contributed by atoms with Crippen LogP contribution in [-0.2, 0) is 4.79 Å². The van der Waals surface area contributed by atoms with Gasteiger partial charge in [-0.15, -0.1) is 0 Å². The molecule has 0 bridgehead atoms. The van der Waals surface area contributed by atoms with Crippen molar-refractivity contribution >= 4 is 11.9 Å². The van der Waals surface area contributed by atoms with Gasteiger partial charge in [-0.25, -0.2) is 4.79 Å². The monoisotopic (exact) mass is 287 g/mol. The second kappa shape index (κ2) is 5.51. The van der Waals surface area contributed by atoms with Gasteiger partial charge in [-0.05, 0) is 44.2 Å². The quantitative estimate of drug-likeness (QED) is 0.910. The normalized spacial score (nSPS) is 28.2. The molecule has 4 heteroatoms. The van der Waals surface area contributed by atoms with E-state index in [0.717, 1.165) is 31.2 Å². The number of hydrogen-bond donors (Lipinski definition) is 1. The predicted octanol–water partition coefficient (Wildman–Crippen LogP) is 2.85. The summed E-state index contributed by atoms with van der Waals surface area (Å²) in [6.45, 7) is 1.94. The van der Waals surface area contributed by atoms with Crippen LogP contribution in [0.5, 0.6) is 0 Å². The summed E-state index contributed by atoms with van der Waals surface area (Å²) in [4.78, 5) is 26.0. The molecule has 2 fully saturated rings. The third kappa shape index (κ3) is 2.55. The molecule has 0 unspecified atom stereocenters. The first-order chi connectivity index (χ1) is 10.1. The van der Waals surface area contributed by atoms with Gasteiger partial charge in [0.05, 0.1) is 0 Å². The minimum Gasteiger partial charge on any atom is -0.480 e. The van der Waals surface area contributed by atoms with Crippen molar-refractivity contribution in [2.24, 2.45) is 5.92 Å². The molecule has 1 aliphatic carbocycles. The first kappa shape index (κ1) is 14.1. The third-order valence-corrected chi connectivity index (χ3v) is 4.87. The van der Waals surface area contributed by atoms with Gasteiger partial charge >= 0.3 is 5.97 Å². The Morgan fingerprint density at radius 1 is 1.24 bits per heavy atom. The molecule has 0 spiro atoms. The molecule has 1 aliphatic heterocycles. The Balaban J connectivity index is 1.92. The zero-order valence-electron chi connectivity index (χ0n) is 12.3. The van der Waals surface area contributed by atoms with Crippen LogP contribution in [0.3, 0.4) is 0 Å². The Kier molecular flexibility index (Phi) is 3.70. The number of likely N-dealkylation sites (tertiary alicyclic amines) is 1. The van der Waals surface area contributed by atoms with E-state index < -0.39 is 12.0 Å². The standard InChI is InChI=1S/C17H21NO3/c1-11-5-4-7-13(9-11)16(19)18-14-8-3-2-6-12(14)10-15(18)17(20)21/h4-5,7,9,12,14-15H,2-3,6,8,10H2,1H3,(H,20,21)/t12-,14+,15-/m0/s1. The van der Waals surface area contributed by atoms with E-state index in [4.69, 9.17) is 0 Å². The van der Waals surface area contributed by atoms with Crippen LogP contribution in [0.1, 0.15) is 48.0 Å². The van der Waals surface area contributed by atoms with Gasteiger partial charge in [-0.1, -0.05) is 30.5 Å². The van der Waals surface area contributed by atoms with Gasteiger partial charge < -0.3 is 10.0 Å². The lowest BCUT2D eigenvalue weighted by molar-refractivity contribution is -0.141. The fraction of sp³-hybridized carbons (Fsp3) is 0.529. The molecule has 112 valence electrons. The van der Waals surface area contributed by atoms with E-state index in [-0.39, 0.29) is 11.9 Å². The highest BCUT2D eigenvalue weighted by Gasteiger charge is 2.47. The maximum atomic E-state index is 12.8. The topological polar surface area (TPSA) is 57.6 Å². The summed E-state index contributed by atoms with van der Waals surface area (Å²) in [5, 5.41) is 9.49. The summed E-state index contributed by atoms with van der Waals surface area (Å²) in [6.07, 6.45) is 4.83. The number of carboxylic acid groups (broad SMARTS) is 1.